The molecular formula is C16H18N2O3S2. The van der Waals surface area contributed by atoms with Crippen LogP contribution < -0.4 is 0 Å². The van der Waals surface area contributed by atoms with Crippen LogP contribution in [0.2, 0.25) is 0 Å². The van der Waals surface area contributed by atoms with Crippen molar-refractivity contribution >= 4 is 45.2 Å². The Hall–Kier alpha value is -1.60. The van der Waals surface area contributed by atoms with Gasteiger partial charge in [-0.3, -0.25) is 9.59 Å². The second kappa shape index (κ2) is 7.31. The number of benzene rings is 1. The minimum Gasteiger partial charge on any atom is -0.481 e. The standard InChI is InChI=1S/C16H18N2O3S2/c19-14(9-22-10-15(20)21)18-7-5-11(6-8-18)16-17-12-3-1-2-4-13(12)23-16/h1-4,11H,5-10H2,(H,20,21). The van der Waals surface area contributed by atoms with Crippen LogP contribution in [-0.2, 0) is 9.59 Å². The van der Waals surface area contributed by atoms with Crippen molar-refractivity contribution in [3.8, 4) is 0 Å². The van der Waals surface area contributed by atoms with Gasteiger partial charge < -0.3 is 10.0 Å². The number of nitrogens with zero attached hydrogens (tertiary/aromatic N) is 2. The number of thioether (sulfide) groups is 1. The van der Waals surface area contributed by atoms with Crippen molar-refractivity contribution in [3.05, 3.63) is 29.3 Å². The van der Waals surface area contributed by atoms with Gasteiger partial charge in [0.05, 0.1) is 26.7 Å². The van der Waals surface area contributed by atoms with Crippen molar-refractivity contribution < 1.29 is 14.7 Å². The summed E-state index contributed by atoms with van der Waals surface area (Å²) < 4.78 is 1.21. The van der Waals surface area contributed by atoms with E-state index in [1.165, 1.54) is 9.71 Å². The van der Waals surface area contributed by atoms with Crippen molar-refractivity contribution in [2.75, 3.05) is 24.6 Å². The number of amides is 1. The van der Waals surface area contributed by atoms with Crippen molar-refractivity contribution in [1.29, 1.82) is 0 Å². The van der Waals surface area contributed by atoms with E-state index in [0.717, 1.165) is 43.2 Å². The molecule has 0 unspecified atom stereocenters. The van der Waals surface area contributed by atoms with Crippen molar-refractivity contribution in [2.24, 2.45) is 0 Å². The average Bonchev–Trinajstić information content (AvgIpc) is 2.98. The van der Waals surface area contributed by atoms with Gasteiger partial charge >= 0.3 is 5.97 Å². The smallest absolute Gasteiger partial charge is 0.313 e. The molecule has 1 aromatic carbocycles. The molecule has 1 amide bonds. The molecule has 122 valence electrons. The largest absolute Gasteiger partial charge is 0.481 e. The number of piperidine rings is 1. The highest BCUT2D eigenvalue weighted by Crippen LogP contribution is 2.33. The summed E-state index contributed by atoms with van der Waals surface area (Å²) in [6.07, 6.45) is 1.85. The van der Waals surface area contributed by atoms with Crippen LogP contribution in [0.15, 0.2) is 24.3 Å². The van der Waals surface area contributed by atoms with Gasteiger partial charge in [-0.15, -0.1) is 23.1 Å². The lowest BCUT2D eigenvalue weighted by atomic mass is 9.97. The van der Waals surface area contributed by atoms with Gasteiger partial charge in [0.25, 0.3) is 0 Å². The minimum absolute atomic E-state index is 0.0199. The van der Waals surface area contributed by atoms with Gasteiger partial charge in [-0.05, 0) is 25.0 Å². The number of aliphatic carboxylic acids is 1. The maximum Gasteiger partial charge on any atom is 0.313 e. The average molecular weight is 350 g/mol. The Morgan fingerprint density at radius 1 is 1.26 bits per heavy atom. The lowest BCUT2D eigenvalue weighted by Gasteiger charge is -2.31. The quantitative estimate of drug-likeness (QED) is 0.898. The molecule has 0 spiro atoms. The fraction of sp³-hybridized carbons (Fsp3) is 0.438. The van der Waals surface area contributed by atoms with Crippen molar-refractivity contribution in [1.82, 2.24) is 9.88 Å². The minimum atomic E-state index is -0.877. The molecule has 2 aromatic rings. The van der Waals surface area contributed by atoms with E-state index in [-0.39, 0.29) is 17.4 Å². The molecule has 1 saturated heterocycles. The zero-order valence-corrected chi connectivity index (χ0v) is 14.2. The molecule has 23 heavy (non-hydrogen) atoms. The summed E-state index contributed by atoms with van der Waals surface area (Å²) in [5.74, 6) is -0.189. The summed E-state index contributed by atoms with van der Waals surface area (Å²) in [5, 5.41) is 9.77. The van der Waals surface area contributed by atoms with E-state index in [1.54, 1.807) is 11.3 Å². The van der Waals surface area contributed by atoms with Crippen LogP contribution in [0.25, 0.3) is 10.2 Å². The zero-order valence-electron chi connectivity index (χ0n) is 12.6. The first-order chi connectivity index (χ1) is 11.1. The van der Waals surface area contributed by atoms with Gasteiger partial charge in [0.15, 0.2) is 0 Å². The number of para-hydroxylation sites is 1. The number of thiazole rings is 1. The summed E-state index contributed by atoms with van der Waals surface area (Å²) in [5.41, 5.74) is 1.05. The number of carbonyl (C=O) groups excluding carboxylic acids is 1. The van der Waals surface area contributed by atoms with Crippen LogP contribution in [0.3, 0.4) is 0 Å². The Labute approximate surface area is 142 Å². The summed E-state index contributed by atoms with van der Waals surface area (Å²) in [6.45, 7) is 1.46. The summed E-state index contributed by atoms with van der Waals surface area (Å²) in [7, 11) is 0. The van der Waals surface area contributed by atoms with Gasteiger partial charge in [0.2, 0.25) is 5.91 Å². The number of fused-ring (bicyclic) bond motifs is 1. The third-order valence-electron chi connectivity index (χ3n) is 3.96. The van der Waals surface area contributed by atoms with Gasteiger partial charge in [0.1, 0.15) is 0 Å². The summed E-state index contributed by atoms with van der Waals surface area (Å²) in [6, 6.07) is 8.16. The highest BCUT2D eigenvalue weighted by atomic mass is 32.2. The normalized spacial score (nSPS) is 15.9. The van der Waals surface area contributed by atoms with Crippen LogP contribution in [0.4, 0.5) is 0 Å². The molecule has 1 N–H and O–H groups in total. The second-order valence-corrected chi connectivity index (χ2v) is 7.61. The number of carboxylic acid groups (broad SMARTS) is 1. The molecule has 7 heteroatoms. The molecule has 2 heterocycles. The monoisotopic (exact) mass is 350 g/mol. The molecule has 5 nitrogen and oxygen atoms in total. The molecule has 0 atom stereocenters. The maximum absolute atomic E-state index is 12.1. The number of rotatable bonds is 5. The number of carboxylic acids is 1. The third-order valence-corrected chi connectivity index (χ3v) is 6.06. The first-order valence-corrected chi connectivity index (χ1v) is 9.53. The van der Waals surface area contributed by atoms with E-state index in [2.05, 4.69) is 6.07 Å². The Morgan fingerprint density at radius 3 is 2.70 bits per heavy atom. The van der Waals surface area contributed by atoms with E-state index in [1.807, 2.05) is 23.1 Å². The molecule has 0 aliphatic carbocycles. The van der Waals surface area contributed by atoms with E-state index in [0.29, 0.717) is 5.92 Å². The lowest BCUT2D eigenvalue weighted by Crippen LogP contribution is -2.39. The number of likely N-dealkylation sites (tertiary alicyclic amines) is 1. The van der Waals surface area contributed by atoms with Crippen LogP contribution in [0.1, 0.15) is 23.8 Å². The van der Waals surface area contributed by atoms with Gasteiger partial charge in [-0.1, -0.05) is 12.1 Å². The number of carbonyl (C=O) groups is 2. The van der Waals surface area contributed by atoms with E-state index in [4.69, 9.17) is 10.1 Å². The SMILES string of the molecule is O=C(O)CSCC(=O)N1CCC(c2nc3ccccc3s2)CC1. The zero-order chi connectivity index (χ0) is 16.2. The Morgan fingerprint density at radius 2 is 2.00 bits per heavy atom. The number of hydrogen-bond donors (Lipinski definition) is 1. The molecule has 0 saturated carbocycles. The predicted octanol–water partition coefficient (Wildman–Crippen LogP) is 2.82. The first-order valence-electron chi connectivity index (χ1n) is 7.56. The molecule has 1 fully saturated rings. The number of hydrogen-bond acceptors (Lipinski definition) is 5. The summed E-state index contributed by atoms with van der Waals surface area (Å²) in [4.78, 5) is 29.1. The van der Waals surface area contributed by atoms with Crippen molar-refractivity contribution in [3.63, 3.8) is 0 Å². The lowest BCUT2D eigenvalue weighted by molar-refractivity contribution is -0.133. The highest BCUT2D eigenvalue weighted by Gasteiger charge is 2.25. The number of aromatic nitrogens is 1. The van der Waals surface area contributed by atoms with Crippen molar-refractivity contribution in [2.45, 2.75) is 18.8 Å². The Bertz CT molecular complexity index is 675. The van der Waals surface area contributed by atoms with Crippen LogP contribution >= 0.6 is 23.1 Å². The van der Waals surface area contributed by atoms with Gasteiger partial charge in [-0.25, -0.2) is 4.98 Å². The Kier molecular flexibility index (Phi) is 5.17. The molecule has 1 aliphatic heterocycles. The first kappa shape index (κ1) is 16.3. The van der Waals surface area contributed by atoms with Gasteiger partial charge in [0, 0.05) is 19.0 Å². The molecular weight excluding hydrogens is 332 g/mol. The fourth-order valence-electron chi connectivity index (χ4n) is 2.76. The predicted molar refractivity (Wildman–Crippen MR) is 93.1 cm³/mol. The summed E-state index contributed by atoms with van der Waals surface area (Å²) >= 11 is 2.91. The maximum atomic E-state index is 12.1. The van der Waals surface area contributed by atoms with Gasteiger partial charge in [-0.2, -0.15) is 0 Å². The second-order valence-electron chi connectivity index (χ2n) is 5.56. The van der Waals surface area contributed by atoms with E-state index >= 15 is 0 Å². The third kappa shape index (κ3) is 4.03. The van der Waals surface area contributed by atoms with E-state index in [9.17, 15) is 9.59 Å². The molecule has 1 aliphatic rings. The molecule has 0 bridgehead atoms. The highest BCUT2D eigenvalue weighted by molar-refractivity contribution is 8.00. The molecule has 0 radical (unpaired) electrons. The van der Waals surface area contributed by atoms with E-state index < -0.39 is 5.97 Å². The topological polar surface area (TPSA) is 70.5 Å². The fourth-order valence-corrected chi connectivity index (χ4v) is 4.53. The van der Waals surface area contributed by atoms with Crippen LogP contribution in [-0.4, -0.2) is 51.5 Å². The molecule has 3 rings (SSSR count). The van der Waals surface area contributed by atoms with Crippen LogP contribution in [0, 0.1) is 0 Å². The Balaban J connectivity index is 1.53. The molecule has 1 aromatic heterocycles. The van der Waals surface area contributed by atoms with Crippen LogP contribution in [0.5, 0.6) is 0 Å².